The van der Waals surface area contributed by atoms with E-state index in [4.69, 9.17) is 0 Å². The van der Waals surface area contributed by atoms with Crippen molar-refractivity contribution >= 4 is 11.9 Å². The molecule has 15 heavy (non-hydrogen) atoms. The molecule has 0 aromatic rings. The fraction of sp³-hybridized carbons (Fsp3) is 0.800. The van der Waals surface area contributed by atoms with Crippen LogP contribution < -0.4 is 0 Å². The molecular formula is C10H18O5. The van der Waals surface area contributed by atoms with E-state index in [9.17, 15) is 14.7 Å². The van der Waals surface area contributed by atoms with Gasteiger partial charge in [0.15, 0.2) is 5.92 Å². The van der Waals surface area contributed by atoms with Crippen molar-refractivity contribution in [3.63, 3.8) is 0 Å². The molecule has 0 aromatic carbocycles. The molecule has 0 amide bonds. The second kappa shape index (κ2) is 5.70. The lowest BCUT2D eigenvalue weighted by atomic mass is 9.95. The fourth-order valence-electron chi connectivity index (χ4n) is 1.11. The second-order valence-corrected chi connectivity index (χ2v) is 3.95. The molecule has 5 nitrogen and oxygen atoms in total. The molecule has 0 spiro atoms. The topological polar surface area (TPSA) is 72.8 Å². The van der Waals surface area contributed by atoms with Crippen LogP contribution in [0.4, 0.5) is 0 Å². The Balaban J connectivity index is 4.39. The molecule has 0 aliphatic heterocycles. The number of aliphatic hydroxyl groups is 1. The summed E-state index contributed by atoms with van der Waals surface area (Å²) < 4.78 is 8.96. The van der Waals surface area contributed by atoms with Gasteiger partial charge in [0.05, 0.1) is 19.8 Å². The summed E-state index contributed by atoms with van der Waals surface area (Å²) in [6.07, 6.45) is 0.532. The van der Waals surface area contributed by atoms with Crippen LogP contribution in [0, 0.1) is 5.92 Å². The van der Waals surface area contributed by atoms with Gasteiger partial charge in [0, 0.05) is 0 Å². The van der Waals surface area contributed by atoms with E-state index in [1.165, 1.54) is 14.2 Å². The van der Waals surface area contributed by atoms with Crippen molar-refractivity contribution in [2.75, 3.05) is 14.2 Å². The molecule has 88 valence electrons. The van der Waals surface area contributed by atoms with Gasteiger partial charge in [-0.3, -0.25) is 9.59 Å². The summed E-state index contributed by atoms with van der Waals surface area (Å²) in [5, 5.41) is 9.47. The van der Waals surface area contributed by atoms with Gasteiger partial charge in [0.1, 0.15) is 0 Å². The van der Waals surface area contributed by atoms with Gasteiger partial charge < -0.3 is 14.6 Å². The number of esters is 2. The molecular weight excluding hydrogens is 200 g/mol. The highest BCUT2D eigenvalue weighted by molar-refractivity contribution is 5.94. The van der Waals surface area contributed by atoms with Crippen LogP contribution in [0.25, 0.3) is 0 Å². The summed E-state index contributed by atoms with van der Waals surface area (Å²) in [7, 11) is 2.42. The monoisotopic (exact) mass is 218 g/mol. The van der Waals surface area contributed by atoms with Gasteiger partial charge in [-0.1, -0.05) is 0 Å². The highest BCUT2D eigenvalue weighted by Crippen LogP contribution is 2.18. The average Bonchev–Trinajstić information content (AvgIpc) is 2.15. The lowest BCUT2D eigenvalue weighted by Crippen LogP contribution is -2.29. The first-order chi connectivity index (χ1) is 6.81. The molecule has 0 atom stereocenters. The SMILES string of the molecule is COC(=O)C(CCC(C)(C)O)C(=O)OC. The number of carbonyl (C=O) groups excluding carboxylic acids is 2. The van der Waals surface area contributed by atoms with Crippen molar-refractivity contribution in [2.24, 2.45) is 5.92 Å². The zero-order valence-corrected chi connectivity index (χ0v) is 9.57. The van der Waals surface area contributed by atoms with Crippen LogP contribution in [-0.4, -0.2) is 36.9 Å². The summed E-state index contributed by atoms with van der Waals surface area (Å²) in [5.41, 5.74) is -0.916. The standard InChI is InChI=1S/C10H18O5/c1-10(2,13)6-5-7(8(11)14-3)9(12)15-4/h7,13H,5-6H2,1-4H3. The Hall–Kier alpha value is -1.10. The van der Waals surface area contributed by atoms with E-state index in [2.05, 4.69) is 9.47 Å². The molecule has 0 heterocycles. The first-order valence-corrected chi connectivity index (χ1v) is 4.70. The second-order valence-electron chi connectivity index (χ2n) is 3.95. The normalized spacial score (nSPS) is 11.3. The van der Waals surface area contributed by atoms with Crippen LogP contribution >= 0.6 is 0 Å². The molecule has 0 bridgehead atoms. The highest BCUT2D eigenvalue weighted by atomic mass is 16.5. The third-order valence-corrected chi connectivity index (χ3v) is 2.02. The van der Waals surface area contributed by atoms with Crippen molar-refractivity contribution in [1.29, 1.82) is 0 Å². The number of rotatable bonds is 5. The minimum Gasteiger partial charge on any atom is -0.468 e. The molecule has 5 heteroatoms. The maximum absolute atomic E-state index is 11.2. The van der Waals surface area contributed by atoms with Gasteiger partial charge in [-0.15, -0.1) is 0 Å². The molecule has 0 rings (SSSR count). The average molecular weight is 218 g/mol. The van der Waals surface area contributed by atoms with Crippen LogP contribution in [0.1, 0.15) is 26.7 Å². The number of hydrogen-bond acceptors (Lipinski definition) is 5. The van der Waals surface area contributed by atoms with Crippen molar-refractivity contribution in [3.8, 4) is 0 Å². The molecule has 1 N–H and O–H groups in total. The van der Waals surface area contributed by atoms with E-state index in [1.54, 1.807) is 13.8 Å². The Kier molecular flexibility index (Phi) is 5.28. The first kappa shape index (κ1) is 13.9. The lowest BCUT2D eigenvalue weighted by Gasteiger charge is -2.19. The number of methoxy groups -OCH3 is 2. The highest BCUT2D eigenvalue weighted by Gasteiger charge is 2.30. The third-order valence-electron chi connectivity index (χ3n) is 2.02. The van der Waals surface area contributed by atoms with E-state index in [1.807, 2.05) is 0 Å². The fourth-order valence-corrected chi connectivity index (χ4v) is 1.11. The van der Waals surface area contributed by atoms with Gasteiger partial charge >= 0.3 is 11.9 Å². The van der Waals surface area contributed by atoms with Crippen molar-refractivity contribution in [2.45, 2.75) is 32.3 Å². The number of ether oxygens (including phenoxy) is 2. The van der Waals surface area contributed by atoms with Crippen molar-refractivity contribution < 1.29 is 24.2 Å². The number of hydrogen-bond donors (Lipinski definition) is 1. The molecule has 0 radical (unpaired) electrons. The molecule has 0 aromatic heterocycles. The zero-order chi connectivity index (χ0) is 12.1. The van der Waals surface area contributed by atoms with Crippen molar-refractivity contribution in [3.05, 3.63) is 0 Å². The van der Waals surface area contributed by atoms with Gasteiger partial charge in [-0.05, 0) is 26.7 Å². The predicted octanol–water partition coefficient (Wildman–Crippen LogP) is 0.500. The lowest BCUT2D eigenvalue weighted by molar-refractivity contribution is -0.159. The van der Waals surface area contributed by atoms with Gasteiger partial charge in [0.2, 0.25) is 0 Å². The van der Waals surface area contributed by atoms with E-state index >= 15 is 0 Å². The van der Waals surface area contributed by atoms with E-state index in [0.717, 1.165) is 0 Å². The maximum Gasteiger partial charge on any atom is 0.320 e. The maximum atomic E-state index is 11.2. The first-order valence-electron chi connectivity index (χ1n) is 4.70. The Bertz CT molecular complexity index is 212. The van der Waals surface area contributed by atoms with Crippen LogP contribution in [0.3, 0.4) is 0 Å². The van der Waals surface area contributed by atoms with Gasteiger partial charge in [0.25, 0.3) is 0 Å². The summed E-state index contributed by atoms with van der Waals surface area (Å²) in [6.45, 7) is 3.22. The summed E-state index contributed by atoms with van der Waals surface area (Å²) in [4.78, 5) is 22.4. The smallest absolute Gasteiger partial charge is 0.320 e. The molecule has 0 aliphatic rings. The van der Waals surface area contributed by atoms with E-state index in [-0.39, 0.29) is 6.42 Å². The van der Waals surface area contributed by atoms with Crippen LogP contribution in [-0.2, 0) is 19.1 Å². The quantitative estimate of drug-likeness (QED) is 0.537. The summed E-state index contributed by atoms with van der Waals surface area (Å²) in [6, 6.07) is 0. The largest absolute Gasteiger partial charge is 0.468 e. The van der Waals surface area contributed by atoms with Gasteiger partial charge in [-0.25, -0.2) is 0 Å². The van der Waals surface area contributed by atoms with Crippen LogP contribution in [0.15, 0.2) is 0 Å². The Labute approximate surface area is 89.4 Å². The summed E-state index contributed by atoms with van der Waals surface area (Å²) in [5.74, 6) is -2.22. The molecule has 0 aliphatic carbocycles. The Morgan fingerprint density at radius 3 is 1.87 bits per heavy atom. The van der Waals surface area contributed by atoms with Crippen molar-refractivity contribution in [1.82, 2.24) is 0 Å². The van der Waals surface area contributed by atoms with Gasteiger partial charge in [-0.2, -0.15) is 0 Å². The van der Waals surface area contributed by atoms with E-state index < -0.39 is 23.5 Å². The molecule has 0 saturated heterocycles. The molecule has 0 fully saturated rings. The van der Waals surface area contributed by atoms with Crippen LogP contribution in [0.2, 0.25) is 0 Å². The zero-order valence-electron chi connectivity index (χ0n) is 9.57. The molecule has 0 saturated carbocycles. The Morgan fingerprint density at radius 2 is 1.60 bits per heavy atom. The Morgan fingerprint density at radius 1 is 1.20 bits per heavy atom. The predicted molar refractivity (Wildman–Crippen MR) is 53.1 cm³/mol. The minimum atomic E-state index is -0.952. The van der Waals surface area contributed by atoms with Crippen LogP contribution in [0.5, 0.6) is 0 Å². The minimum absolute atomic E-state index is 0.211. The number of carbonyl (C=O) groups is 2. The summed E-state index contributed by atoms with van der Waals surface area (Å²) >= 11 is 0. The van der Waals surface area contributed by atoms with E-state index in [0.29, 0.717) is 6.42 Å². The molecule has 0 unspecified atom stereocenters. The third kappa shape index (κ3) is 5.37.